The van der Waals surface area contributed by atoms with E-state index in [9.17, 15) is 0 Å². The normalized spacial score (nSPS) is 22.6. The molecule has 1 fully saturated rings. The molecule has 0 saturated carbocycles. The lowest BCUT2D eigenvalue weighted by atomic mass is 10.1. The Labute approximate surface area is 104 Å². The molecule has 0 spiro atoms. The lowest BCUT2D eigenvalue weighted by Crippen LogP contribution is -2.23. The molecule has 0 N–H and O–H groups in total. The summed E-state index contributed by atoms with van der Waals surface area (Å²) in [7, 11) is 0. The molecule has 1 aromatic carbocycles. The second-order valence-corrected chi connectivity index (χ2v) is 5.35. The number of rotatable bonds is 4. The Hall–Kier alpha value is -1.02. The van der Waals surface area contributed by atoms with Crippen LogP contribution in [0.25, 0.3) is 0 Å². The molecule has 1 aromatic rings. The zero-order chi connectivity index (χ0) is 12.3. The average Bonchev–Trinajstić information content (AvgIpc) is 2.67. The summed E-state index contributed by atoms with van der Waals surface area (Å²) in [4.78, 5) is 0. The molecule has 2 heteroatoms. The van der Waals surface area contributed by atoms with Crippen LogP contribution in [0, 0.1) is 0 Å². The van der Waals surface area contributed by atoms with Crippen LogP contribution in [0.5, 0.6) is 5.75 Å². The molecule has 94 valence electrons. The van der Waals surface area contributed by atoms with Crippen molar-refractivity contribution in [1.29, 1.82) is 0 Å². The van der Waals surface area contributed by atoms with Crippen LogP contribution in [0.2, 0.25) is 0 Å². The molecule has 0 aliphatic carbocycles. The lowest BCUT2D eigenvalue weighted by Gasteiger charge is -2.19. The fraction of sp³-hybridized carbons (Fsp3) is 0.600. The van der Waals surface area contributed by atoms with Crippen LogP contribution in [-0.4, -0.2) is 18.3 Å². The van der Waals surface area contributed by atoms with Gasteiger partial charge in [-0.3, -0.25) is 0 Å². The van der Waals surface area contributed by atoms with E-state index in [1.54, 1.807) is 0 Å². The first-order valence-electron chi connectivity index (χ1n) is 6.48. The van der Waals surface area contributed by atoms with Gasteiger partial charge in [-0.25, -0.2) is 0 Å². The van der Waals surface area contributed by atoms with Crippen LogP contribution in [-0.2, 0) is 11.2 Å². The molecule has 1 aliphatic rings. The molecule has 17 heavy (non-hydrogen) atoms. The van der Waals surface area contributed by atoms with Crippen LogP contribution >= 0.6 is 0 Å². The second-order valence-electron chi connectivity index (χ2n) is 5.35. The zero-order valence-corrected chi connectivity index (χ0v) is 11.0. The number of hydrogen-bond acceptors (Lipinski definition) is 2. The van der Waals surface area contributed by atoms with E-state index < -0.39 is 0 Å². The van der Waals surface area contributed by atoms with E-state index >= 15 is 0 Å². The molecule has 1 atom stereocenters. The Balaban J connectivity index is 1.82. The molecule has 2 rings (SSSR count). The molecule has 1 aliphatic heterocycles. The summed E-state index contributed by atoms with van der Waals surface area (Å²) < 4.78 is 11.6. The van der Waals surface area contributed by atoms with Crippen LogP contribution in [0.3, 0.4) is 0 Å². The van der Waals surface area contributed by atoms with E-state index in [0.717, 1.165) is 25.0 Å². The molecule has 0 aromatic heterocycles. The van der Waals surface area contributed by atoms with Crippen LogP contribution in [0.1, 0.15) is 39.2 Å². The van der Waals surface area contributed by atoms with Crippen molar-refractivity contribution >= 4 is 0 Å². The number of benzene rings is 1. The largest absolute Gasteiger partial charge is 0.491 e. The van der Waals surface area contributed by atoms with Crippen molar-refractivity contribution in [2.45, 2.75) is 51.7 Å². The minimum absolute atomic E-state index is 0.0279. The minimum atomic E-state index is 0.0279. The molecule has 2 nitrogen and oxygen atoms in total. The highest BCUT2D eigenvalue weighted by atomic mass is 16.6. The van der Waals surface area contributed by atoms with Crippen molar-refractivity contribution in [3.8, 4) is 5.75 Å². The molecule has 0 bridgehead atoms. The molecule has 1 saturated heterocycles. The second kappa shape index (κ2) is 5.09. The van der Waals surface area contributed by atoms with Crippen molar-refractivity contribution in [2.75, 3.05) is 6.61 Å². The van der Waals surface area contributed by atoms with Crippen molar-refractivity contribution in [3.05, 3.63) is 29.8 Å². The Morgan fingerprint density at radius 3 is 2.53 bits per heavy atom. The SMILES string of the molecule is CCc1ccc(OCC2CCC(C)(C)O2)cc1. The third-order valence-electron chi connectivity index (χ3n) is 3.32. The maximum atomic E-state index is 5.89. The van der Waals surface area contributed by atoms with Gasteiger partial charge in [-0.15, -0.1) is 0 Å². The highest BCUT2D eigenvalue weighted by molar-refractivity contribution is 5.27. The van der Waals surface area contributed by atoms with Gasteiger partial charge in [0.05, 0.1) is 11.7 Å². The van der Waals surface area contributed by atoms with E-state index in [1.807, 2.05) is 12.1 Å². The average molecular weight is 234 g/mol. The zero-order valence-electron chi connectivity index (χ0n) is 11.0. The van der Waals surface area contributed by atoms with Crippen molar-refractivity contribution in [3.63, 3.8) is 0 Å². The van der Waals surface area contributed by atoms with E-state index in [4.69, 9.17) is 9.47 Å². The highest BCUT2D eigenvalue weighted by Gasteiger charge is 2.31. The smallest absolute Gasteiger partial charge is 0.119 e. The van der Waals surface area contributed by atoms with E-state index in [2.05, 4.69) is 32.9 Å². The summed E-state index contributed by atoms with van der Waals surface area (Å²) in [5.74, 6) is 0.940. The number of aryl methyl sites for hydroxylation is 1. The van der Waals surface area contributed by atoms with Gasteiger partial charge in [-0.1, -0.05) is 19.1 Å². The van der Waals surface area contributed by atoms with Crippen LogP contribution < -0.4 is 4.74 Å². The Morgan fingerprint density at radius 1 is 1.29 bits per heavy atom. The fourth-order valence-corrected chi connectivity index (χ4v) is 2.21. The highest BCUT2D eigenvalue weighted by Crippen LogP contribution is 2.29. The minimum Gasteiger partial charge on any atom is -0.491 e. The molecule has 0 amide bonds. The molecular formula is C15H22O2. The summed E-state index contributed by atoms with van der Waals surface area (Å²) in [6.45, 7) is 7.10. The van der Waals surface area contributed by atoms with E-state index in [0.29, 0.717) is 6.61 Å². The van der Waals surface area contributed by atoms with Gasteiger partial charge in [-0.2, -0.15) is 0 Å². The molecule has 1 heterocycles. The monoisotopic (exact) mass is 234 g/mol. The van der Waals surface area contributed by atoms with Crippen molar-refractivity contribution < 1.29 is 9.47 Å². The van der Waals surface area contributed by atoms with Crippen molar-refractivity contribution in [1.82, 2.24) is 0 Å². The van der Waals surface area contributed by atoms with Gasteiger partial charge in [0.2, 0.25) is 0 Å². The van der Waals surface area contributed by atoms with Gasteiger partial charge in [-0.05, 0) is 50.8 Å². The van der Waals surface area contributed by atoms with Gasteiger partial charge in [0.25, 0.3) is 0 Å². The third-order valence-corrected chi connectivity index (χ3v) is 3.32. The Kier molecular flexibility index (Phi) is 3.72. The van der Waals surface area contributed by atoms with Gasteiger partial charge < -0.3 is 9.47 Å². The van der Waals surface area contributed by atoms with Gasteiger partial charge >= 0.3 is 0 Å². The summed E-state index contributed by atoms with van der Waals surface area (Å²) in [5, 5.41) is 0. The van der Waals surface area contributed by atoms with Crippen LogP contribution in [0.4, 0.5) is 0 Å². The standard InChI is InChI=1S/C15H22O2/c1-4-12-5-7-13(8-6-12)16-11-14-9-10-15(2,3)17-14/h5-8,14H,4,9-11H2,1-3H3. The first-order chi connectivity index (χ1) is 8.09. The summed E-state index contributed by atoms with van der Waals surface area (Å²) >= 11 is 0. The molecule has 1 unspecified atom stereocenters. The predicted molar refractivity (Wildman–Crippen MR) is 69.5 cm³/mol. The first-order valence-corrected chi connectivity index (χ1v) is 6.48. The summed E-state index contributed by atoms with van der Waals surface area (Å²) in [5.41, 5.74) is 1.37. The molecule has 0 radical (unpaired) electrons. The summed E-state index contributed by atoms with van der Waals surface area (Å²) in [6.07, 6.45) is 3.53. The third kappa shape index (κ3) is 3.47. The van der Waals surface area contributed by atoms with Gasteiger partial charge in [0, 0.05) is 0 Å². The fourth-order valence-electron chi connectivity index (χ4n) is 2.21. The summed E-state index contributed by atoms with van der Waals surface area (Å²) in [6, 6.07) is 8.32. The first kappa shape index (κ1) is 12.4. The maximum absolute atomic E-state index is 5.89. The van der Waals surface area contributed by atoms with Gasteiger partial charge in [0.1, 0.15) is 12.4 Å². The lowest BCUT2D eigenvalue weighted by molar-refractivity contribution is -0.0326. The van der Waals surface area contributed by atoms with E-state index in [-0.39, 0.29) is 11.7 Å². The van der Waals surface area contributed by atoms with E-state index in [1.165, 1.54) is 5.56 Å². The predicted octanol–water partition coefficient (Wildman–Crippen LogP) is 3.59. The molecular weight excluding hydrogens is 212 g/mol. The number of ether oxygens (including phenoxy) is 2. The Bertz CT molecular complexity index is 354. The Morgan fingerprint density at radius 2 is 2.00 bits per heavy atom. The topological polar surface area (TPSA) is 18.5 Å². The van der Waals surface area contributed by atoms with Gasteiger partial charge in [0.15, 0.2) is 0 Å². The number of hydrogen-bond donors (Lipinski definition) is 0. The van der Waals surface area contributed by atoms with Crippen LogP contribution in [0.15, 0.2) is 24.3 Å². The maximum Gasteiger partial charge on any atom is 0.119 e. The van der Waals surface area contributed by atoms with Crippen molar-refractivity contribution in [2.24, 2.45) is 0 Å². The quantitative estimate of drug-likeness (QED) is 0.792.